The molecule has 4 heteroatoms. The number of fused-ring (bicyclic) bond motifs is 1. The van der Waals surface area contributed by atoms with Gasteiger partial charge in [0.15, 0.2) is 0 Å². The molecule has 0 spiro atoms. The summed E-state index contributed by atoms with van der Waals surface area (Å²) in [5.41, 5.74) is 3.63. The predicted octanol–water partition coefficient (Wildman–Crippen LogP) is 4.94. The highest BCUT2D eigenvalue weighted by Crippen LogP contribution is 2.31. The number of halogens is 2. The minimum absolute atomic E-state index is 0.193. The molecule has 20 heavy (non-hydrogen) atoms. The monoisotopic (exact) mass is 395 g/mol. The van der Waals surface area contributed by atoms with Gasteiger partial charge in [-0.1, -0.05) is 31.9 Å². The summed E-state index contributed by atoms with van der Waals surface area (Å²) in [5, 5.41) is 3.45. The number of anilines is 1. The molecule has 1 unspecified atom stereocenters. The van der Waals surface area contributed by atoms with Crippen LogP contribution in [0.15, 0.2) is 45.3 Å². The molecule has 2 aromatic carbocycles. The zero-order valence-corrected chi connectivity index (χ0v) is 14.3. The van der Waals surface area contributed by atoms with Crippen molar-refractivity contribution in [3.63, 3.8) is 0 Å². The van der Waals surface area contributed by atoms with E-state index in [1.165, 1.54) is 11.1 Å². The Bertz CT molecular complexity index is 622. The molecule has 0 amide bonds. The maximum absolute atomic E-state index is 5.95. The van der Waals surface area contributed by atoms with Gasteiger partial charge in [-0.2, -0.15) is 0 Å². The first kappa shape index (κ1) is 14.0. The Balaban J connectivity index is 1.63. The Kier molecular flexibility index (Phi) is 4.03. The second kappa shape index (κ2) is 5.78. The van der Waals surface area contributed by atoms with E-state index < -0.39 is 0 Å². The lowest BCUT2D eigenvalue weighted by atomic mass is 10.1. The van der Waals surface area contributed by atoms with Gasteiger partial charge in [-0.25, -0.2) is 0 Å². The minimum atomic E-state index is 0.193. The van der Waals surface area contributed by atoms with Crippen LogP contribution < -0.4 is 10.1 Å². The maximum atomic E-state index is 5.95. The molecule has 3 rings (SSSR count). The molecular weight excluding hydrogens is 382 g/mol. The third kappa shape index (κ3) is 3.18. The van der Waals surface area contributed by atoms with Crippen LogP contribution in [0, 0.1) is 6.92 Å². The van der Waals surface area contributed by atoms with Crippen LogP contribution in [0.4, 0.5) is 5.69 Å². The summed E-state index contributed by atoms with van der Waals surface area (Å²) in [5.74, 6) is 1.01. The van der Waals surface area contributed by atoms with E-state index in [9.17, 15) is 0 Å². The second-order valence-electron chi connectivity index (χ2n) is 5.09. The second-order valence-corrected chi connectivity index (χ2v) is 6.93. The summed E-state index contributed by atoms with van der Waals surface area (Å²) in [6, 6.07) is 12.5. The average molecular weight is 397 g/mol. The third-order valence-electron chi connectivity index (χ3n) is 3.34. The molecule has 0 saturated carbocycles. The van der Waals surface area contributed by atoms with Crippen molar-refractivity contribution in [2.24, 2.45) is 0 Å². The molecule has 1 heterocycles. The lowest BCUT2D eigenvalue weighted by Crippen LogP contribution is -2.23. The Labute approximate surface area is 135 Å². The first-order valence-electron chi connectivity index (χ1n) is 6.56. The first-order chi connectivity index (χ1) is 9.60. The topological polar surface area (TPSA) is 21.3 Å². The molecule has 1 N–H and O–H groups in total. The molecule has 2 aromatic rings. The summed E-state index contributed by atoms with van der Waals surface area (Å²) in [4.78, 5) is 0. The van der Waals surface area contributed by atoms with E-state index in [2.05, 4.69) is 68.4 Å². The van der Waals surface area contributed by atoms with Crippen LogP contribution >= 0.6 is 31.9 Å². The normalized spacial score (nSPS) is 16.6. The standard InChI is InChI=1S/C16H15Br2NO/c1-10-4-13(18)8-14(5-10)19-9-15-7-11-6-12(17)2-3-16(11)20-15/h2-6,8,15,19H,7,9H2,1H3. The fourth-order valence-electron chi connectivity index (χ4n) is 2.47. The highest BCUT2D eigenvalue weighted by molar-refractivity contribution is 9.10. The molecule has 0 fully saturated rings. The van der Waals surface area contributed by atoms with Crippen molar-refractivity contribution >= 4 is 37.5 Å². The number of hydrogen-bond donors (Lipinski definition) is 1. The van der Waals surface area contributed by atoms with Crippen LogP contribution in [-0.2, 0) is 6.42 Å². The van der Waals surface area contributed by atoms with E-state index in [0.717, 1.165) is 33.3 Å². The maximum Gasteiger partial charge on any atom is 0.123 e. The van der Waals surface area contributed by atoms with Crippen LogP contribution in [0.1, 0.15) is 11.1 Å². The fraction of sp³-hybridized carbons (Fsp3) is 0.250. The van der Waals surface area contributed by atoms with Crippen LogP contribution in [0.5, 0.6) is 5.75 Å². The first-order valence-corrected chi connectivity index (χ1v) is 8.15. The molecule has 0 aromatic heterocycles. The lowest BCUT2D eigenvalue weighted by molar-refractivity contribution is 0.246. The molecular formula is C16H15Br2NO. The van der Waals surface area contributed by atoms with Crippen molar-refractivity contribution in [3.8, 4) is 5.75 Å². The largest absolute Gasteiger partial charge is 0.488 e. The predicted molar refractivity (Wildman–Crippen MR) is 89.6 cm³/mol. The number of aryl methyl sites for hydroxylation is 1. The Hall–Kier alpha value is -1.00. The van der Waals surface area contributed by atoms with Crippen LogP contribution in [0.25, 0.3) is 0 Å². The van der Waals surface area contributed by atoms with Crippen molar-refractivity contribution in [2.75, 3.05) is 11.9 Å². The molecule has 0 aliphatic carbocycles. The van der Waals surface area contributed by atoms with Crippen molar-refractivity contribution in [2.45, 2.75) is 19.4 Å². The van der Waals surface area contributed by atoms with Gasteiger partial charge in [-0.05, 0) is 54.4 Å². The number of nitrogens with one attached hydrogen (secondary N) is 1. The van der Waals surface area contributed by atoms with Gasteiger partial charge in [0, 0.05) is 21.1 Å². The number of ether oxygens (including phenoxy) is 1. The van der Waals surface area contributed by atoms with Gasteiger partial charge in [0.05, 0.1) is 6.54 Å². The molecule has 2 nitrogen and oxygen atoms in total. The number of hydrogen-bond acceptors (Lipinski definition) is 2. The number of rotatable bonds is 3. The van der Waals surface area contributed by atoms with Crippen molar-refractivity contribution in [1.29, 1.82) is 0 Å². The highest BCUT2D eigenvalue weighted by atomic mass is 79.9. The minimum Gasteiger partial charge on any atom is -0.488 e. The van der Waals surface area contributed by atoms with E-state index in [1.807, 2.05) is 12.1 Å². The van der Waals surface area contributed by atoms with E-state index in [4.69, 9.17) is 4.74 Å². The molecule has 104 valence electrons. The van der Waals surface area contributed by atoms with Gasteiger partial charge in [0.25, 0.3) is 0 Å². The van der Waals surface area contributed by atoms with Gasteiger partial charge in [-0.3, -0.25) is 0 Å². The van der Waals surface area contributed by atoms with Gasteiger partial charge in [0.2, 0.25) is 0 Å². The quantitative estimate of drug-likeness (QED) is 0.793. The van der Waals surface area contributed by atoms with Gasteiger partial charge < -0.3 is 10.1 Å². The van der Waals surface area contributed by atoms with Gasteiger partial charge in [-0.15, -0.1) is 0 Å². The van der Waals surface area contributed by atoms with E-state index >= 15 is 0 Å². The Morgan fingerprint density at radius 3 is 2.80 bits per heavy atom. The SMILES string of the molecule is Cc1cc(Br)cc(NCC2Cc3cc(Br)ccc3O2)c1. The van der Waals surface area contributed by atoms with Crippen LogP contribution in [0.3, 0.4) is 0 Å². The zero-order chi connectivity index (χ0) is 14.1. The van der Waals surface area contributed by atoms with Gasteiger partial charge >= 0.3 is 0 Å². The molecule has 0 radical (unpaired) electrons. The van der Waals surface area contributed by atoms with E-state index in [1.54, 1.807) is 0 Å². The van der Waals surface area contributed by atoms with Crippen molar-refractivity contribution in [3.05, 3.63) is 56.5 Å². The molecule has 1 atom stereocenters. The van der Waals surface area contributed by atoms with E-state index in [0.29, 0.717) is 0 Å². The summed E-state index contributed by atoms with van der Waals surface area (Å²) in [6.07, 6.45) is 1.15. The molecule has 1 aliphatic rings. The summed E-state index contributed by atoms with van der Waals surface area (Å²) in [6.45, 7) is 2.90. The molecule has 1 aliphatic heterocycles. The third-order valence-corrected chi connectivity index (χ3v) is 4.29. The van der Waals surface area contributed by atoms with Crippen molar-refractivity contribution < 1.29 is 4.74 Å². The summed E-state index contributed by atoms with van der Waals surface area (Å²) in [7, 11) is 0. The summed E-state index contributed by atoms with van der Waals surface area (Å²) >= 11 is 7.02. The summed E-state index contributed by atoms with van der Waals surface area (Å²) < 4.78 is 8.15. The van der Waals surface area contributed by atoms with Gasteiger partial charge in [0.1, 0.15) is 11.9 Å². The Morgan fingerprint density at radius 2 is 2.00 bits per heavy atom. The number of benzene rings is 2. The zero-order valence-electron chi connectivity index (χ0n) is 11.1. The molecule has 0 bridgehead atoms. The van der Waals surface area contributed by atoms with Crippen LogP contribution in [-0.4, -0.2) is 12.6 Å². The smallest absolute Gasteiger partial charge is 0.123 e. The van der Waals surface area contributed by atoms with Crippen molar-refractivity contribution in [1.82, 2.24) is 0 Å². The average Bonchev–Trinajstić information content (AvgIpc) is 2.77. The lowest BCUT2D eigenvalue weighted by Gasteiger charge is -2.13. The Morgan fingerprint density at radius 1 is 1.15 bits per heavy atom. The highest BCUT2D eigenvalue weighted by Gasteiger charge is 2.22. The fourth-order valence-corrected chi connectivity index (χ4v) is 3.49. The van der Waals surface area contributed by atoms with Crippen LogP contribution in [0.2, 0.25) is 0 Å². The molecule has 0 saturated heterocycles. The van der Waals surface area contributed by atoms with E-state index in [-0.39, 0.29) is 6.10 Å².